The van der Waals surface area contributed by atoms with E-state index >= 15 is 0 Å². The highest BCUT2D eigenvalue weighted by atomic mass is 79.9. The Balaban J connectivity index is 1.86. The molecule has 0 radical (unpaired) electrons. The van der Waals surface area contributed by atoms with Crippen LogP contribution in [-0.4, -0.2) is 18.4 Å². The molecule has 132 valence electrons. The van der Waals surface area contributed by atoms with Gasteiger partial charge in [0.25, 0.3) is 0 Å². The summed E-state index contributed by atoms with van der Waals surface area (Å²) in [6, 6.07) is 15.7. The first-order chi connectivity index (χ1) is 12.6. The van der Waals surface area contributed by atoms with Gasteiger partial charge in [-0.05, 0) is 49.1 Å². The van der Waals surface area contributed by atoms with E-state index in [0.717, 1.165) is 15.6 Å². The SMILES string of the molecule is CCOC(=O)C1=CC[C@@H](c2ccccc2)[C@@]12Cc1cc(Br)ccc1C2=O. The molecule has 0 fully saturated rings. The summed E-state index contributed by atoms with van der Waals surface area (Å²) in [5, 5.41) is 0. The maximum absolute atomic E-state index is 13.6. The summed E-state index contributed by atoms with van der Waals surface area (Å²) in [5.41, 5.74) is 2.44. The lowest BCUT2D eigenvalue weighted by Gasteiger charge is -2.32. The normalized spacial score (nSPS) is 23.8. The van der Waals surface area contributed by atoms with Crippen molar-refractivity contribution in [2.24, 2.45) is 5.41 Å². The van der Waals surface area contributed by atoms with Crippen LogP contribution in [0.3, 0.4) is 0 Å². The quantitative estimate of drug-likeness (QED) is 0.679. The Morgan fingerprint density at radius 1 is 1.23 bits per heavy atom. The summed E-state index contributed by atoms with van der Waals surface area (Å²) in [7, 11) is 0. The summed E-state index contributed by atoms with van der Waals surface area (Å²) in [5.74, 6) is -0.390. The van der Waals surface area contributed by atoms with Crippen molar-refractivity contribution in [3.8, 4) is 0 Å². The third-order valence-corrected chi connectivity index (χ3v) is 6.01. The van der Waals surface area contributed by atoms with Gasteiger partial charge in [0.2, 0.25) is 0 Å². The predicted octanol–water partition coefficient (Wildman–Crippen LogP) is 4.85. The molecule has 2 atom stereocenters. The minimum Gasteiger partial charge on any atom is -0.463 e. The van der Waals surface area contributed by atoms with Crippen LogP contribution in [0, 0.1) is 5.41 Å². The molecule has 1 spiro atoms. The number of esters is 1. The molecule has 4 heteroatoms. The van der Waals surface area contributed by atoms with E-state index in [0.29, 0.717) is 30.6 Å². The summed E-state index contributed by atoms with van der Waals surface area (Å²) in [6.45, 7) is 2.09. The molecule has 4 rings (SSSR count). The second-order valence-corrected chi connectivity index (χ2v) is 7.73. The highest BCUT2D eigenvalue weighted by Gasteiger charge is 2.58. The van der Waals surface area contributed by atoms with E-state index in [2.05, 4.69) is 15.9 Å². The molecule has 0 amide bonds. The number of hydrogen-bond acceptors (Lipinski definition) is 3. The Bertz CT molecular complexity index is 916. The van der Waals surface area contributed by atoms with Crippen LogP contribution in [0.1, 0.15) is 40.7 Å². The Hall–Kier alpha value is -2.20. The van der Waals surface area contributed by atoms with Gasteiger partial charge in [0, 0.05) is 21.5 Å². The van der Waals surface area contributed by atoms with Gasteiger partial charge in [-0.1, -0.05) is 52.3 Å². The number of benzene rings is 2. The number of carbonyl (C=O) groups excluding carboxylic acids is 2. The van der Waals surface area contributed by atoms with Crippen LogP contribution in [0.2, 0.25) is 0 Å². The van der Waals surface area contributed by atoms with Gasteiger partial charge in [0.05, 0.1) is 12.0 Å². The number of hydrogen-bond donors (Lipinski definition) is 0. The summed E-state index contributed by atoms with van der Waals surface area (Å²) < 4.78 is 6.24. The second kappa shape index (κ2) is 6.51. The summed E-state index contributed by atoms with van der Waals surface area (Å²) >= 11 is 3.49. The molecule has 2 aliphatic carbocycles. The smallest absolute Gasteiger partial charge is 0.334 e. The second-order valence-electron chi connectivity index (χ2n) is 6.82. The van der Waals surface area contributed by atoms with Crippen molar-refractivity contribution in [1.82, 2.24) is 0 Å². The van der Waals surface area contributed by atoms with Crippen molar-refractivity contribution >= 4 is 27.7 Å². The molecule has 3 nitrogen and oxygen atoms in total. The van der Waals surface area contributed by atoms with Crippen LogP contribution in [0.15, 0.2) is 64.7 Å². The fourth-order valence-corrected chi connectivity index (χ4v) is 4.85. The Morgan fingerprint density at radius 3 is 2.73 bits per heavy atom. The number of allylic oxidation sites excluding steroid dienone is 1. The Morgan fingerprint density at radius 2 is 2.00 bits per heavy atom. The van der Waals surface area contributed by atoms with E-state index in [4.69, 9.17) is 4.74 Å². The van der Waals surface area contributed by atoms with Gasteiger partial charge in [0.15, 0.2) is 5.78 Å². The zero-order valence-corrected chi connectivity index (χ0v) is 16.1. The van der Waals surface area contributed by atoms with Crippen molar-refractivity contribution < 1.29 is 14.3 Å². The van der Waals surface area contributed by atoms with Crippen LogP contribution >= 0.6 is 15.9 Å². The highest BCUT2D eigenvalue weighted by molar-refractivity contribution is 9.10. The number of rotatable bonds is 3. The van der Waals surface area contributed by atoms with Crippen molar-refractivity contribution in [2.45, 2.75) is 25.7 Å². The molecular formula is C22H19BrO3. The number of carbonyl (C=O) groups is 2. The lowest BCUT2D eigenvalue weighted by molar-refractivity contribution is -0.139. The molecule has 0 N–H and O–H groups in total. The van der Waals surface area contributed by atoms with E-state index in [-0.39, 0.29) is 17.7 Å². The van der Waals surface area contributed by atoms with Gasteiger partial charge in [-0.15, -0.1) is 0 Å². The molecule has 0 saturated carbocycles. The fraction of sp³-hybridized carbons (Fsp3) is 0.273. The molecule has 0 saturated heterocycles. The summed E-state index contributed by atoms with van der Waals surface area (Å²) in [6.07, 6.45) is 3.11. The molecule has 0 aliphatic heterocycles. The number of ketones is 1. The summed E-state index contributed by atoms with van der Waals surface area (Å²) in [4.78, 5) is 26.3. The predicted molar refractivity (Wildman–Crippen MR) is 103 cm³/mol. The van der Waals surface area contributed by atoms with Gasteiger partial charge >= 0.3 is 5.97 Å². The molecular weight excluding hydrogens is 392 g/mol. The average Bonchev–Trinajstić information content (AvgIpc) is 3.15. The molecule has 2 aliphatic rings. The van der Waals surface area contributed by atoms with Crippen LogP contribution in [-0.2, 0) is 16.0 Å². The minimum absolute atomic E-state index is 0.0330. The van der Waals surface area contributed by atoms with Crippen LogP contribution in [0.25, 0.3) is 0 Å². The first-order valence-corrected chi connectivity index (χ1v) is 9.63. The Labute approximate surface area is 161 Å². The molecule has 0 bridgehead atoms. The molecule has 0 aromatic heterocycles. The van der Waals surface area contributed by atoms with E-state index in [1.54, 1.807) is 6.92 Å². The highest BCUT2D eigenvalue weighted by Crippen LogP contribution is 2.57. The van der Waals surface area contributed by atoms with Crippen molar-refractivity contribution in [3.63, 3.8) is 0 Å². The standard InChI is InChI=1S/C22H19BrO3/c1-2-26-21(25)19-11-10-18(14-6-4-3-5-7-14)22(19)13-15-12-16(23)8-9-17(15)20(22)24/h3-9,11-12,18H,2,10,13H2,1H3/t18-,22-/m0/s1. The third-order valence-electron chi connectivity index (χ3n) is 5.52. The lowest BCUT2D eigenvalue weighted by Crippen LogP contribution is -2.37. The van der Waals surface area contributed by atoms with Gasteiger partial charge in [-0.3, -0.25) is 4.79 Å². The first-order valence-electron chi connectivity index (χ1n) is 8.84. The van der Waals surface area contributed by atoms with Gasteiger partial charge < -0.3 is 4.74 Å². The largest absolute Gasteiger partial charge is 0.463 e. The zero-order valence-electron chi connectivity index (χ0n) is 14.5. The maximum Gasteiger partial charge on any atom is 0.334 e. The van der Waals surface area contributed by atoms with Gasteiger partial charge in [0.1, 0.15) is 0 Å². The molecule has 2 aromatic rings. The van der Waals surface area contributed by atoms with Crippen molar-refractivity contribution in [2.75, 3.05) is 6.61 Å². The van der Waals surface area contributed by atoms with Crippen LogP contribution in [0.4, 0.5) is 0 Å². The maximum atomic E-state index is 13.6. The van der Waals surface area contributed by atoms with E-state index < -0.39 is 5.41 Å². The molecule has 0 unspecified atom stereocenters. The monoisotopic (exact) mass is 410 g/mol. The lowest BCUT2D eigenvalue weighted by atomic mass is 9.68. The molecule has 0 heterocycles. The first kappa shape index (κ1) is 17.2. The van der Waals surface area contributed by atoms with Gasteiger partial charge in [-0.2, -0.15) is 0 Å². The Kier molecular flexibility index (Phi) is 4.31. The minimum atomic E-state index is -0.864. The molecule has 2 aromatic carbocycles. The van der Waals surface area contributed by atoms with E-state index in [1.807, 2.05) is 54.6 Å². The number of ether oxygens (including phenoxy) is 1. The topological polar surface area (TPSA) is 43.4 Å². The van der Waals surface area contributed by atoms with Crippen LogP contribution in [0.5, 0.6) is 0 Å². The number of fused-ring (bicyclic) bond motifs is 1. The van der Waals surface area contributed by atoms with Gasteiger partial charge in [-0.25, -0.2) is 4.79 Å². The number of Topliss-reactive ketones (excluding diaryl/α,β-unsaturated/α-hetero) is 1. The fourth-order valence-electron chi connectivity index (χ4n) is 4.44. The molecule has 26 heavy (non-hydrogen) atoms. The van der Waals surface area contributed by atoms with E-state index in [1.165, 1.54) is 0 Å². The van der Waals surface area contributed by atoms with Crippen LogP contribution < -0.4 is 0 Å². The number of halogens is 1. The van der Waals surface area contributed by atoms with E-state index in [9.17, 15) is 9.59 Å². The third kappa shape index (κ3) is 2.47. The zero-order chi connectivity index (χ0) is 18.3. The average molecular weight is 411 g/mol. The van der Waals surface area contributed by atoms with Crippen molar-refractivity contribution in [3.05, 3.63) is 81.3 Å². The van der Waals surface area contributed by atoms with Crippen molar-refractivity contribution in [1.29, 1.82) is 0 Å².